The highest BCUT2D eigenvalue weighted by atomic mass is 35.5. The molecule has 0 aliphatic heterocycles. The van der Waals surface area contributed by atoms with Crippen LogP contribution < -0.4 is 10.6 Å². The Morgan fingerprint density at radius 1 is 1.38 bits per heavy atom. The lowest BCUT2D eigenvalue weighted by Gasteiger charge is -2.09. The fourth-order valence-corrected chi connectivity index (χ4v) is 1.80. The third kappa shape index (κ3) is 5.39. The molecule has 21 heavy (non-hydrogen) atoms. The molecule has 1 rings (SSSR count). The van der Waals surface area contributed by atoms with Gasteiger partial charge in [-0.3, -0.25) is 19.7 Å². The maximum absolute atomic E-state index is 11.9. The van der Waals surface area contributed by atoms with Crippen LogP contribution in [0, 0.1) is 10.1 Å². The first-order valence-corrected chi connectivity index (χ1v) is 6.70. The molecule has 7 nitrogen and oxygen atoms in total. The Morgan fingerprint density at radius 2 is 2.05 bits per heavy atom. The van der Waals surface area contributed by atoms with Crippen LogP contribution in [0.4, 0.5) is 5.69 Å². The molecule has 1 aromatic carbocycles. The van der Waals surface area contributed by atoms with E-state index in [0.29, 0.717) is 0 Å². The number of nitro benzene ring substituents is 1. The normalized spacial score (nSPS) is 10.3. The number of amides is 2. The number of carbonyl (C=O) groups is 2. The molecule has 0 bridgehead atoms. The Labute approximate surface area is 126 Å². The van der Waals surface area contributed by atoms with Crippen molar-refractivity contribution in [3.8, 4) is 0 Å². The molecule has 0 aromatic heterocycles. The molecule has 8 heteroatoms. The van der Waals surface area contributed by atoms with Gasteiger partial charge in [-0.2, -0.15) is 0 Å². The Hall–Kier alpha value is -2.15. The van der Waals surface area contributed by atoms with Crippen molar-refractivity contribution < 1.29 is 14.5 Å². The fraction of sp³-hybridized carbons (Fsp3) is 0.385. The zero-order valence-corrected chi connectivity index (χ0v) is 12.4. The van der Waals surface area contributed by atoms with E-state index in [-0.39, 0.29) is 41.2 Å². The van der Waals surface area contributed by atoms with Gasteiger partial charge in [-0.15, -0.1) is 0 Å². The van der Waals surface area contributed by atoms with Gasteiger partial charge in [0.05, 0.1) is 4.92 Å². The molecule has 1 aromatic rings. The van der Waals surface area contributed by atoms with Crippen LogP contribution in [-0.4, -0.2) is 29.3 Å². The van der Waals surface area contributed by atoms with E-state index in [4.69, 9.17) is 11.6 Å². The Bertz CT molecular complexity index is 560. The van der Waals surface area contributed by atoms with E-state index in [2.05, 4.69) is 10.6 Å². The second kappa shape index (κ2) is 7.58. The van der Waals surface area contributed by atoms with Crippen LogP contribution in [0.3, 0.4) is 0 Å². The molecule has 0 saturated heterocycles. The number of nitrogens with zero attached hydrogens (tertiary/aromatic N) is 1. The molecule has 2 amide bonds. The summed E-state index contributed by atoms with van der Waals surface area (Å²) in [4.78, 5) is 33.5. The van der Waals surface area contributed by atoms with E-state index in [1.54, 1.807) is 0 Å². The molecule has 2 N–H and O–H groups in total. The fourth-order valence-electron chi connectivity index (χ4n) is 1.63. The predicted octanol–water partition coefficient (Wildman–Crippen LogP) is 1.89. The summed E-state index contributed by atoms with van der Waals surface area (Å²) in [5, 5.41) is 16.2. The third-order valence-electron chi connectivity index (χ3n) is 2.49. The first kappa shape index (κ1) is 16.9. The summed E-state index contributed by atoms with van der Waals surface area (Å²) in [5.41, 5.74) is -0.458. The second-order valence-corrected chi connectivity index (χ2v) is 5.08. The Morgan fingerprint density at radius 3 is 2.62 bits per heavy atom. The van der Waals surface area contributed by atoms with Crippen molar-refractivity contribution >= 4 is 29.1 Å². The largest absolute Gasteiger partial charge is 0.354 e. The maximum Gasteiger partial charge on any atom is 0.282 e. The topological polar surface area (TPSA) is 101 Å². The smallest absolute Gasteiger partial charge is 0.282 e. The van der Waals surface area contributed by atoms with Crippen molar-refractivity contribution in [2.75, 3.05) is 6.54 Å². The van der Waals surface area contributed by atoms with Crippen LogP contribution in [0.2, 0.25) is 5.02 Å². The summed E-state index contributed by atoms with van der Waals surface area (Å²) in [6, 6.07) is 3.75. The Kier molecular flexibility index (Phi) is 6.10. The molecule has 114 valence electrons. The van der Waals surface area contributed by atoms with E-state index in [0.717, 1.165) is 0 Å². The van der Waals surface area contributed by atoms with E-state index in [1.807, 2.05) is 13.8 Å². The quantitative estimate of drug-likeness (QED) is 0.618. The van der Waals surface area contributed by atoms with Gasteiger partial charge in [-0.25, -0.2) is 0 Å². The summed E-state index contributed by atoms with van der Waals surface area (Å²) in [6.07, 6.45) is 0.0955. The number of halogens is 1. The zero-order chi connectivity index (χ0) is 16.0. The minimum absolute atomic E-state index is 0.0159. The first-order chi connectivity index (χ1) is 9.81. The zero-order valence-electron chi connectivity index (χ0n) is 11.7. The Balaban J connectivity index is 2.66. The van der Waals surface area contributed by atoms with Gasteiger partial charge in [-0.05, 0) is 26.0 Å². The molecule has 0 unspecified atom stereocenters. The lowest BCUT2D eigenvalue weighted by molar-refractivity contribution is -0.385. The van der Waals surface area contributed by atoms with Gasteiger partial charge < -0.3 is 10.6 Å². The molecule has 0 atom stereocenters. The number of benzene rings is 1. The summed E-state index contributed by atoms with van der Waals surface area (Å²) in [7, 11) is 0. The second-order valence-electron chi connectivity index (χ2n) is 4.65. The van der Waals surface area contributed by atoms with E-state index < -0.39 is 10.8 Å². The summed E-state index contributed by atoms with van der Waals surface area (Å²) in [5.74, 6) is -0.840. The van der Waals surface area contributed by atoms with E-state index in [9.17, 15) is 19.7 Å². The molecule has 0 spiro atoms. The summed E-state index contributed by atoms with van der Waals surface area (Å²) in [6.45, 7) is 3.73. The third-order valence-corrected chi connectivity index (χ3v) is 2.72. The van der Waals surface area contributed by atoms with E-state index >= 15 is 0 Å². The number of nitro groups is 1. The highest BCUT2D eigenvalue weighted by Gasteiger charge is 2.20. The van der Waals surface area contributed by atoms with Gasteiger partial charge >= 0.3 is 0 Å². The van der Waals surface area contributed by atoms with Crippen LogP contribution in [0.15, 0.2) is 18.2 Å². The first-order valence-electron chi connectivity index (χ1n) is 6.32. The lowest BCUT2D eigenvalue weighted by Crippen LogP contribution is -2.34. The van der Waals surface area contributed by atoms with Crippen LogP contribution in [0.5, 0.6) is 0 Å². The number of rotatable bonds is 6. The minimum Gasteiger partial charge on any atom is -0.354 e. The standard InChI is InChI=1S/C13H16ClN3O4/c1-8(2)16-12(18)5-6-15-13(19)10-7-9(14)3-4-11(10)17(20)21/h3-4,7-8H,5-6H2,1-2H3,(H,15,19)(H,16,18). The van der Waals surface area contributed by atoms with Crippen LogP contribution in [-0.2, 0) is 4.79 Å². The molecule has 0 aliphatic carbocycles. The van der Waals surface area contributed by atoms with Crippen molar-refractivity contribution in [3.05, 3.63) is 38.9 Å². The van der Waals surface area contributed by atoms with Gasteiger partial charge in [0.2, 0.25) is 5.91 Å². The molecule has 0 radical (unpaired) electrons. The number of hydrogen-bond donors (Lipinski definition) is 2. The molecule has 0 aliphatic rings. The van der Waals surface area contributed by atoms with Crippen molar-refractivity contribution in [3.63, 3.8) is 0 Å². The highest BCUT2D eigenvalue weighted by Crippen LogP contribution is 2.22. The van der Waals surface area contributed by atoms with Gasteiger partial charge in [-0.1, -0.05) is 11.6 Å². The van der Waals surface area contributed by atoms with Gasteiger partial charge in [0.1, 0.15) is 5.56 Å². The van der Waals surface area contributed by atoms with Gasteiger partial charge in [0.25, 0.3) is 11.6 Å². The monoisotopic (exact) mass is 313 g/mol. The van der Waals surface area contributed by atoms with Crippen LogP contribution >= 0.6 is 11.6 Å². The van der Waals surface area contributed by atoms with Crippen molar-refractivity contribution in [2.45, 2.75) is 26.3 Å². The summed E-state index contributed by atoms with van der Waals surface area (Å²) < 4.78 is 0. The molecule has 0 saturated carbocycles. The van der Waals surface area contributed by atoms with Crippen molar-refractivity contribution in [1.29, 1.82) is 0 Å². The number of nitrogens with one attached hydrogen (secondary N) is 2. The summed E-state index contributed by atoms with van der Waals surface area (Å²) >= 11 is 5.74. The molecule has 0 heterocycles. The maximum atomic E-state index is 11.9. The van der Waals surface area contributed by atoms with Crippen molar-refractivity contribution in [1.82, 2.24) is 10.6 Å². The van der Waals surface area contributed by atoms with Crippen LogP contribution in [0.1, 0.15) is 30.6 Å². The number of hydrogen-bond acceptors (Lipinski definition) is 4. The lowest BCUT2D eigenvalue weighted by atomic mass is 10.1. The average Bonchev–Trinajstić information content (AvgIpc) is 2.37. The molecule has 0 fully saturated rings. The molecular formula is C13H16ClN3O4. The highest BCUT2D eigenvalue weighted by molar-refractivity contribution is 6.31. The van der Waals surface area contributed by atoms with Crippen LogP contribution in [0.25, 0.3) is 0 Å². The van der Waals surface area contributed by atoms with E-state index in [1.165, 1.54) is 18.2 Å². The van der Waals surface area contributed by atoms with Gasteiger partial charge in [0.15, 0.2) is 0 Å². The average molecular weight is 314 g/mol. The van der Waals surface area contributed by atoms with Crippen molar-refractivity contribution in [2.24, 2.45) is 0 Å². The minimum atomic E-state index is -0.656. The molecular weight excluding hydrogens is 298 g/mol. The SMILES string of the molecule is CC(C)NC(=O)CCNC(=O)c1cc(Cl)ccc1[N+](=O)[O-]. The predicted molar refractivity (Wildman–Crippen MR) is 78.3 cm³/mol. The van der Waals surface area contributed by atoms with Gasteiger partial charge in [0, 0.05) is 30.1 Å². The number of carbonyl (C=O) groups excluding carboxylic acids is 2.